The van der Waals surface area contributed by atoms with Crippen molar-refractivity contribution in [3.63, 3.8) is 0 Å². The van der Waals surface area contributed by atoms with Crippen LogP contribution in [-0.4, -0.2) is 36.1 Å². The van der Waals surface area contributed by atoms with E-state index in [1.807, 2.05) is 43.3 Å². The standard InChI is InChI=1S/C31H35N3O4/c1-20(21-5-2-3-6-21)37-31(35)33-23-11-9-22(10-12-23)30-28(18-32)27-14-13-25(38-26-15-16-36-19-26)17-29(27)34(30)24-7-4-8-24/h9-14,17,20-21,24,26H,2-8,15-16,19H2,1H3,(H,33,35). The quantitative estimate of drug-likeness (QED) is 0.361. The highest BCUT2D eigenvalue weighted by atomic mass is 16.6. The van der Waals surface area contributed by atoms with E-state index in [0.717, 1.165) is 66.6 Å². The minimum absolute atomic E-state index is 0.0716. The lowest BCUT2D eigenvalue weighted by Gasteiger charge is -2.30. The Labute approximate surface area is 223 Å². The second-order valence-corrected chi connectivity index (χ2v) is 10.9. The monoisotopic (exact) mass is 513 g/mol. The van der Waals surface area contributed by atoms with Gasteiger partial charge in [0.15, 0.2) is 0 Å². The fourth-order valence-electron chi connectivity index (χ4n) is 6.13. The van der Waals surface area contributed by atoms with Crippen molar-refractivity contribution in [3.05, 3.63) is 48.0 Å². The van der Waals surface area contributed by atoms with Gasteiger partial charge >= 0.3 is 6.09 Å². The highest BCUT2D eigenvalue weighted by molar-refractivity contribution is 5.96. The van der Waals surface area contributed by atoms with Crippen molar-refractivity contribution >= 4 is 22.7 Å². The summed E-state index contributed by atoms with van der Waals surface area (Å²) in [4.78, 5) is 12.5. The van der Waals surface area contributed by atoms with Gasteiger partial charge in [0.05, 0.1) is 30.0 Å². The number of nitriles is 1. The molecule has 38 heavy (non-hydrogen) atoms. The molecule has 2 aromatic carbocycles. The van der Waals surface area contributed by atoms with Crippen molar-refractivity contribution in [1.82, 2.24) is 4.57 Å². The Morgan fingerprint density at radius 2 is 1.87 bits per heavy atom. The molecule has 0 spiro atoms. The predicted octanol–water partition coefficient (Wildman–Crippen LogP) is 7.20. The van der Waals surface area contributed by atoms with E-state index in [2.05, 4.69) is 22.0 Å². The molecule has 2 heterocycles. The SMILES string of the molecule is CC(OC(=O)Nc1ccc(-c2c(C#N)c3ccc(OC4CCOC4)cc3n2C2CCC2)cc1)C1CCCC1. The minimum Gasteiger partial charge on any atom is -0.488 e. The Balaban J connectivity index is 1.27. The molecular weight excluding hydrogens is 478 g/mol. The van der Waals surface area contributed by atoms with Crippen LogP contribution in [0.25, 0.3) is 22.2 Å². The highest BCUT2D eigenvalue weighted by Gasteiger charge is 2.29. The maximum absolute atomic E-state index is 12.5. The average molecular weight is 514 g/mol. The molecule has 1 saturated heterocycles. The molecule has 2 saturated carbocycles. The first-order chi connectivity index (χ1) is 18.6. The van der Waals surface area contributed by atoms with Crippen molar-refractivity contribution in [1.29, 1.82) is 5.26 Å². The Hall–Kier alpha value is -3.50. The molecule has 2 unspecified atom stereocenters. The van der Waals surface area contributed by atoms with E-state index in [9.17, 15) is 10.1 Å². The molecule has 0 bridgehead atoms. The number of nitrogens with one attached hydrogen (secondary N) is 1. The lowest BCUT2D eigenvalue weighted by atomic mass is 9.92. The maximum Gasteiger partial charge on any atom is 0.411 e. The van der Waals surface area contributed by atoms with Crippen LogP contribution in [0.5, 0.6) is 5.75 Å². The molecule has 0 radical (unpaired) electrons. The summed E-state index contributed by atoms with van der Waals surface area (Å²) in [6.07, 6.45) is 8.52. The van der Waals surface area contributed by atoms with Crippen LogP contribution in [0.2, 0.25) is 0 Å². The molecule has 198 valence electrons. The summed E-state index contributed by atoms with van der Waals surface area (Å²) in [5.41, 5.74) is 4.27. The first-order valence-electron chi connectivity index (χ1n) is 14.0. The van der Waals surface area contributed by atoms with Gasteiger partial charge in [-0.15, -0.1) is 0 Å². The first kappa shape index (κ1) is 24.8. The minimum atomic E-state index is -0.418. The summed E-state index contributed by atoms with van der Waals surface area (Å²) in [7, 11) is 0. The van der Waals surface area contributed by atoms with Gasteiger partial charge in [0.1, 0.15) is 24.0 Å². The van der Waals surface area contributed by atoms with E-state index in [-0.39, 0.29) is 12.2 Å². The summed E-state index contributed by atoms with van der Waals surface area (Å²) in [5, 5.41) is 14.0. The summed E-state index contributed by atoms with van der Waals surface area (Å²) >= 11 is 0. The number of rotatable bonds is 7. The number of ether oxygens (including phenoxy) is 3. The van der Waals surface area contributed by atoms with Crippen LogP contribution in [-0.2, 0) is 9.47 Å². The van der Waals surface area contributed by atoms with E-state index in [0.29, 0.717) is 29.8 Å². The molecule has 7 heteroatoms. The van der Waals surface area contributed by atoms with E-state index < -0.39 is 6.09 Å². The zero-order chi connectivity index (χ0) is 26.1. The number of hydrogen-bond donors (Lipinski definition) is 1. The number of carbonyl (C=O) groups is 1. The third kappa shape index (κ3) is 4.86. The smallest absolute Gasteiger partial charge is 0.411 e. The molecule has 7 nitrogen and oxygen atoms in total. The van der Waals surface area contributed by atoms with Crippen LogP contribution in [0, 0.1) is 17.2 Å². The summed E-state index contributed by atoms with van der Waals surface area (Å²) in [6.45, 7) is 3.33. The number of amides is 1. The van der Waals surface area contributed by atoms with Gasteiger partial charge < -0.3 is 18.8 Å². The molecule has 3 aliphatic rings. The molecule has 2 aliphatic carbocycles. The van der Waals surface area contributed by atoms with Gasteiger partial charge in [0.2, 0.25) is 0 Å². The van der Waals surface area contributed by atoms with E-state index in [1.54, 1.807) is 0 Å². The van der Waals surface area contributed by atoms with Crippen LogP contribution < -0.4 is 10.1 Å². The van der Waals surface area contributed by atoms with E-state index in [4.69, 9.17) is 14.2 Å². The Morgan fingerprint density at radius 3 is 2.53 bits per heavy atom. The van der Waals surface area contributed by atoms with Crippen molar-refractivity contribution < 1.29 is 19.0 Å². The van der Waals surface area contributed by atoms with Crippen LogP contribution in [0.4, 0.5) is 10.5 Å². The fraction of sp³-hybridized carbons (Fsp3) is 0.484. The number of aromatic nitrogens is 1. The van der Waals surface area contributed by atoms with Gasteiger partial charge in [-0.3, -0.25) is 5.32 Å². The molecule has 1 N–H and O–H groups in total. The average Bonchev–Trinajstić information content (AvgIpc) is 3.65. The summed E-state index contributed by atoms with van der Waals surface area (Å²) in [5.74, 6) is 1.27. The number of benzene rings is 2. The topological polar surface area (TPSA) is 85.5 Å². The summed E-state index contributed by atoms with van der Waals surface area (Å²) in [6, 6.07) is 16.6. The number of fused-ring (bicyclic) bond motifs is 1. The number of carbonyl (C=O) groups excluding carboxylic acids is 1. The van der Waals surface area contributed by atoms with Crippen LogP contribution in [0.15, 0.2) is 42.5 Å². The highest BCUT2D eigenvalue weighted by Crippen LogP contribution is 2.43. The van der Waals surface area contributed by atoms with Crippen molar-refractivity contribution in [3.8, 4) is 23.1 Å². The molecule has 3 aromatic rings. The van der Waals surface area contributed by atoms with Gasteiger partial charge in [-0.25, -0.2) is 4.79 Å². The molecule has 1 aliphatic heterocycles. The molecule has 2 atom stereocenters. The third-order valence-corrected chi connectivity index (χ3v) is 8.48. The molecule has 6 rings (SSSR count). The Kier molecular flexibility index (Phi) is 6.99. The Morgan fingerprint density at radius 1 is 1.08 bits per heavy atom. The van der Waals surface area contributed by atoms with Gasteiger partial charge in [-0.1, -0.05) is 25.0 Å². The molecular formula is C31H35N3O4. The zero-order valence-electron chi connectivity index (χ0n) is 21.9. The predicted molar refractivity (Wildman–Crippen MR) is 146 cm³/mol. The van der Waals surface area contributed by atoms with Gasteiger partial charge in [-0.05, 0) is 74.8 Å². The van der Waals surface area contributed by atoms with Gasteiger partial charge in [0, 0.05) is 29.6 Å². The van der Waals surface area contributed by atoms with Crippen LogP contribution in [0.3, 0.4) is 0 Å². The lowest BCUT2D eigenvalue weighted by Crippen LogP contribution is -2.25. The largest absolute Gasteiger partial charge is 0.488 e. The van der Waals surface area contributed by atoms with Crippen LogP contribution >= 0.6 is 0 Å². The first-order valence-corrected chi connectivity index (χ1v) is 14.0. The number of anilines is 1. The van der Waals surface area contributed by atoms with Crippen LogP contribution in [0.1, 0.15) is 69.9 Å². The molecule has 1 aromatic heterocycles. The molecule has 3 fully saturated rings. The van der Waals surface area contributed by atoms with E-state index in [1.165, 1.54) is 19.3 Å². The van der Waals surface area contributed by atoms with Crippen molar-refractivity contribution in [2.45, 2.75) is 76.5 Å². The number of nitrogens with zero attached hydrogens (tertiary/aromatic N) is 2. The Bertz CT molecular complexity index is 1340. The zero-order valence-corrected chi connectivity index (χ0v) is 21.9. The fourth-order valence-corrected chi connectivity index (χ4v) is 6.13. The lowest BCUT2D eigenvalue weighted by molar-refractivity contribution is 0.0854. The van der Waals surface area contributed by atoms with Crippen molar-refractivity contribution in [2.75, 3.05) is 18.5 Å². The van der Waals surface area contributed by atoms with E-state index >= 15 is 0 Å². The van der Waals surface area contributed by atoms with Crippen molar-refractivity contribution in [2.24, 2.45) is 5.92 Å². The molecule has 1 amide bonds. The van der Waals surface area contributed by atoms with Gasteiger partial charge in [-0.2, -0.15) is 5.26 Å². The second kappa shape index (κ2) is 10.7. The normalized spacial score (nSPS) is 20.7. The second-order valence-electron chi connectivity index (χ2n) is 10.9. The van der Waals surface area contributed by atoms with Gasteiger partial charge in [0.25, 0.3) is 0 Å². The third-order valence-electron chi connectivity index (χ3n) is 8.48. The summed E-state index contributed by atoms with van der Waals surface area (Å²) < 4.78 is 19.6. The number of hydrogen-bond acceptors (Lipinski definition) is 5. The maximum atomic E-state index is 12.5.